The third kappa shape index (κ3) is 4.75. The Morgan fingerprint density at radius 3 is 2.46 bits per heavy atom. The second-order valence-corrected chi connectivity index (χ2v) is 9.05. The summed E-state index contributed by atoms with van der Waals surface area (Å²) in [6.07, 6.45) is 0.843. The van der Waals surface area contributed by atoms with Crippen molar-refractivity contribution in [2.45, 2.75) is 13.8 Å². The van der Waals surface area contributed by atoms with E-state index >= 15 is 0 Å². The van der Waals surface area contributed by atoms with E-state index in [0.717, 1.165) is 38.6 Å². The number of nitrogens with zero attached hydrogens (tertiary/aromatic N) is 1. The number of nitrogens with two attached hydrogens (primary N) is 1. The Hall–Kier alpha value is -2.75. The number of hydroxylamine groups is 1. The van der Waals surface area contributed by atoms with Crippen LogP contribution in [0.15, 0.2) is 47.5 Å². The van der Waals surface area contributed by atoms with E-state index in [2.05, 4.69) is 27.5 Å². The second kappa shape index (κ2) is 7.70. The number of nitrogens with one attached hydrogen (secondary N) is 1. The summed E-state index contributed by atoms with van der Waals surface area (Å²) in [7, 11) is -3.76. The SMILES string of the molecule is Cc1cc(C)cc(-c2cccc3sc(C(=O)N=C(N)NOS(C)(=O)=O)cc23)c1. The van der Waals surface area contributed by atoms with E-state index in [-0.39, 0.29) is 0 Å². The van der Waals surface area contributed by atoms with Crippen molar-refractivity contribution >= 4 is 43.4 Å². The van der Waals surface area contributed by atoms with Gasteiger partial charge in [0, 0.05) is 10.1 Å². The molecule has 9 heteroatoms. The fourth-order valence-electron chi connectivity index (χ4n) is 2.85. The quantitative estimate of drug-likeness (QED) is 0.383. The number of hydrogen-bond donors (Lipinski definition) is 2. The summed E-state index contributed by atoms with van der Waals surface area (Å²) in [6.45, 7) is 4.09. The highest BCUT2D eigenvalue weighted by Crippen LogP contribution is 2.35. The number of thiophene rings is 1. The molecule has 0 aliphatic rings. The van der Waals surface area contributed by atoms with Crippen LogP contribution in [0.25, 0.3) is 21.2 Å². The molecule has 0 atom stereocenters. The fraction of sp³-hybridized carbons (Fsp3) is 0.158. The van der Waals surface area contributed by atoms with Crippen molar-refractivity contribution in [3.63, 3.8) is 0 Å². The van der Waals surface area contributed by atoms with Gasteiger partial charge in [-0.15, -0.1) is 15.6 Å². The summed E-state index contributed by atoms with van der Waals surface area (Å²) in [4.78, 5) is 16.4. The molecule has 28 heavy (non-hydrogen) atoms. The third-order valence-corrected chi connectivity index (χ3v) is 5.30. The summed E-state index contributed by atoms with van der Waals surface area (Å²) in [5, 5.41) is 0.940. The van der Waals surface area contributed by atoms with Crippen LogP contribution in [-0.2, 0) is 14.4 Å². The maximum atomic E-state index is 12.4. The molecule has 0 fully saturated rings. The molecule has 3 N–H and O–H groups in total. The van der Waals surface area contributed by atoms with Crippen LogP contribution in [0.3, 0.4) is 0 Å². The molecule has 0 unspecified atom stereocenters. The average molecular weight is 418 g/mol. The Morgan fingerprint density at radius 1 is 1.14 bits per heavy atom. The topological polar surface area (TPSA) is 111 Å². The highest BCUT2D eigenvalue weighted by molar-refractivity contribution is 7.85. The largest absolute Gasteiger partial charge is 0.368 e. The third-order valence-electron chi connectivity index (χ3n) is 3.82. The number of aryl methyl sites for hydroxylation is 2. The van der Waals surface area contributed by atoms with Crippen LogP contribution < -0.4 is 11.2 Å². The number of rotatable bonds is 4. The minimum Gasteiger partial charge on any atom is -0.368 e. The zero-order chi connectivity index (χ0) is 20.5. The molecular weight excluding hydrogens is 398 g/mol. The molecule has 0 saturated carbocycles. The molecule has 146 valence electrons. The van der Waals surface area contributed by atoms with Gasteiger partial charge in [-0.05, 0) is 37.1 Å². The van der Waals surface area contributed by atoms with E-state index in [1.807, 2.05) is 37.5 Å². The van der Waals surface area contributed by atoms with Crippen LogP contribution in [-0.4, -0.2) is 26.5 Å². The molecular formula is C19H19N3O4S2. The Balaban J connectivity index is 1.95. The standard InChI is InChI=1S/C19H19N3O4S2/c1-11-7-12(2)9-13(8-11)14-5-4-6-16-15(14)10-17(27-16)18(23)21-19(20)22-26-28(3,24)25/h4-10H,1-3H3,(H3,20,21,22,23). The molecule has 7 nitrogen and oxygen atoms in total. The van der Waals surface area contributed by atoms with Crippen LogP contribution in [0.2, 0.25) is 0 Å². The Kier molecular flexibility index (Phi) is 5.50. The summed E-state index contributed by atoms with van der Waals surface area (Å²) in [5.41, 5.74) is 11.8. The van der Waals surface area contributed by atoms with Crippen LogP contribution in [0.4, 0.5) is 0 Å². The molecule has 3 rings (SSSR count). The second-order valence-electron chi connectivity index (χ2n) is 6.40. The summed E-state index contributed by atoms with van der Waals surface area (Å²) in [6, 6.07) is 14.0. The molecule has 0 saturated heterocycles. The number of guanidine groups is 1. The van der Waals surface area contributed by atoms with E-state index in [1.54, 1.807) is 6.07 Å². The van der Waals surface area contributed by atoms with Gasteiger partial charge in [0.25, 0.3) is 16.0 Å². The molecule has 1 heterocycles. The van der Waals surface area contributed by atoms with Gasteiger partial charge in [0.15, 0.2) is 0 Å². The van der Waals surface area contributed by atoms with Crippen molar-refractivity contribution in [1.82, 2.24) is 5.48 Å². The zero-order valence-electron chi connectivity index (χ0n) is 15.5. The lowest BCUT2D eigenvalue weighted by molar-refractivity contribution is 0.100. The monoisotopic (exact) mass is 417 g/mol. The van der Waals surface area contributed by atoms with Crippen molar-refractivity contribution in [3.05, 3.63) is 58.5 Å². The number of hydrogen-bond acceptors (Lipinski definition) is 5. The van der Waals surface area contributed by atoms with Gasteiger partial charge in [-0.3, -0.25) is 4.79 Å². The first-order chi connectivity index (χ1) is 13.1. The predicted octanol–water partition coefficient (Wildman–Crippen LogP) is 3.12. The van der Waals surface area contributed by atoms with E-state index in [4.69, 9.17) is 5.73 Å². The van der Waals surface area contributed by atoms with E-state index in [0.29, 0.717) is 4.88 Å². The minimum absolute atomic E-state index is 0.385. The fourth-order valence-corrected chi connectivity index (χ4v) is 4.06. The maximum absolute atomic E-state index is 12.4. The van der Waals surface area contributed by atoms with Gasteiger partial charge in [0.05, 0.1) is 11.1 Å². The molecule has 3 aromatic rings. The van der Waals surface area contributed by atoms with Crippen molar-refractivity contribution < 1.29 is 17.5 Å². The molecule has 0 aliphatic carbocycles. The normalized spacial score (nSPS) is 12.3. The first-order valence-corrected chi connectivity index (χ1v) is 10.9. The number of benzene rings is 2. The molecule has 0 radical (unpaired) electrons. The van der Waals surface area contributed by atoms with E-state index in [1.165, 1.54) is 11.3 Å². The van der Waals surface area contributed by atoms with Crippen molar-refractivity contribution in [1.29, 1.82) is 0 Å². The van der Waals surface area contributed by atoms with Gasteiger partial charge in [-0.25, -0.2) is 5.48 Å². The molecule has 1 aromatic heterocycles. The lowest BCUT2D eigenvalue weighted by Gasteiger charge is -2.06. The molecule has 2 aromatic carbocycles. The van der Waals surface area contributed by atoms with Crippen molar-refractivity contribution in [3.8, 4) is 11.1 Å². The van der Waals surface area contributed by atoms with Gasteiger partial charge in [0.2, 0.25) is 5.96 Å². The van der Waals surface area contributed by atoms with Gasteiger partial charge in [0.1, 0.15) is 0 Å². The molecule has 0 bridgehead atoms. The number of carbonyl (C=O) groups is 1. The number of fused-ring (bicyclic) bond motifs is 1. The van der Waals surface area contributed by atoms with Crippen LogP contribution >= 0.6 is 11.3 Å². The summed E-state index contributed by atoms with van der Waals surface area (Å²) in [5.74, 6) is -1.03. The Labute approximate surface area is 166 Å². The Morgan fingerprint density at radius 2 is 1.82 bits per heavy atom. The summed E-state index contributed by atoms with van der Waals surface area (Å²) >= 11 is 1.29. The molecule has 0 spiro atoms. The van der Waals surface area contributed by atoms with Crippen molar-refractivity contribution in [2.75, 3.05) is 6.26 Å². The Bertz CT molecular complexity index is 1180. The van der Waals surface area contributed by atoms with Gasteiger partial charge < -0.3 is 5.73 Å². The zero-order valence-corrected chi connectivity index (χ0v) is 17.1. The van der Waals surface area contributed by atoms with Gasteiger partial charge >= 0.3 is 0 Å². The first-order valence-electron chi connectivity index (χ1n) is 8.26. The lowest BCUT2D eigenvalue weighted by Crippen LogP contribution is -2.34. The average Bonchev–Trinajstić information content (AvgIpc) is 3.03. The van der Waals surface area contributed by atoms with Gasteiger partial charge in [-0.2, -0.15) is 13.4 Å². The number of aliphatic imine (C=N–C) groups is 1. The van der Waals surface area contributed by atoms with Crippen LogP contribution in [0.5, 0.6) is 0 Å². The predicted molar refractivity (Wildman–Crippen MR) is 112 cm³/mol. The highest BCUT2D eigenvalue weighted by atomic mass is 32.2. The smallest absolute Gasteiger partial charge is 0.290 e. The maximum Gasteiger partial charge on any atom is 0.290 e. The van der Waals surface area contributed by atoms with E-state index < -0.39 is 22.0 Å². The van der Waals surface area contributed by atoms with Crippen molar-refractivity contribution in [2.24, 2.45) is 10.7 Å². The minimum atomic E-state index is -3.76. The number of amides is 1. The summed E-state index contributed by atoms with van der Waals surface area (Å²) < 4.78 is 27.1. The lowest BCUT2D eigenvalue weighted by atomic mass is 9.98. The number of carbonyl (C=O) groups excluding carboxylic acids is 1. The van der Waals surface area contributed by atoms with Crippen LogP contribution in [0.1, 0.15) is 20.8 Å². The molecule has 1 amide bonds. The van der Waals surface area contributed by atoms with Crippen LogP contribution in [0, 0.1) is 13.8 Å². The first kappa shape index (κ1) is 20.0. The molecule has 0 aliphatic heterocycles. The van der Waals surface area contributed by atoms with E-state index in [9.17, 15) is 13.2 Å². The van der Waals surface area contributed by atoms with Gasteiger partial charge in [-0.1, -0.05) is 41.5 Å². The highest BCUT2D eigenvalue weighted by Gasteiger charge is 2.14.